The molecule has 0 atom stereocenters. The first-order chi connectivity index (χ1) is 9.20. The van der Waals surface area contributed by atoms with Crippen LogP contribution >= 0.6 is 15.9 Å². The van der Waals surface area contributed by atoms with Crippen molar-refractivity contribution in [2.75, 3.05) is 24.5 Å². The van der Waals surface area contributed by atoms with Crippen molar-refractivity contribution >= 4 is 21.6 Å². The van der Waals surface area contributed by atoms with E-state index < -0.39 is 0 Å². The standard InChI is InChI=1S/C16H23BrN2/c1-13-6-5-7-14(15(13)17)19-11-10-18-16(12-19)8-3-2-4-9-16/h5-7,18H,2-4,8-12H2,1H3. The summed E-state index contributed by atoms with van der Waals surface area (Å²) in [5, 5.41) is 3.81. The average molecular weight is 323 g/mol. The number of nitrogens with one attached hydrogen (secondary N) is 1. The summed E-state index contributed by atoms with van der Waals surface area (Å²) in [5.41, 5.74) is 3.07. The monoisotopic (exact) mass is 322 g/mol. The van der Waals surface area contributed by atoms with E-state index in [1.165, 1.54) is 47.8 Å². The molecule has 2 aliphatic rings. The minimum absolute atomic E-state index is 0.375. The van der Waals surface area contributed by atoms with E-state index in [0.717, 1.165) is 19.6 Å². The van der Waals surface area contributed by atoms with E-state index in [2.05, 4.69) is 51.3 Å². The third-order valence-electron chi connectivity index (χ3n) is 4.70. The summed E-state index contributed by atoms with van der Waals surface area (Å²) in [4.78, 5) is 2.57. The maximum Gasteiger partial charge on any atom is 0.0514 e. The molecule has 104 valence electrons. The summed E-state index contributed by atoms with van der Waals surface area (Å²) in [5.74, 6) is 0. The predicted octanol–water partition coefficient (Wildman–Crippen LogP) is 3.87. The number of aryl methyl sites for hydroxylation is 1. The highest BCUT2D eigenvalue weighted by Crippen LogP contribution is 2.35. The predicted molar refractivity (Wildman–Crippen MR) is 84.9 cm³/mol. The van der Waals surface area contributed by atoms with Crippen LogP contribution in [0.4, 0.5) is 5.69 Å². The van der Waals surface area contributed by atoms with Crippen LogP contribution in [-0.2, 0) is 0 Å². The molecule has 1 heterocycles. The SMILES string of the molecule is Cc1cccc(N2CCNC3(CCCCC3)C2)c1Br. The number of piperazine rings is 1. The van der Waals surface area contributed by atoms with Gasteiger partial charge in [-0.2, -0.15) is 0 Å². The highest BCUT2D eigenvalue weighted by Gasteiger charge is 2.36. The van der Waals surface area contributed by atoms with Crippen molar-refractivity contribution in [1.29, 1.82) is 0 Å². The molecule has 0 bridgehead atoms. The third-order valence-corrected chi connectivity index (χ3v) is 5.73. The van der Waals surface area contributed by atoms with E-state index >= 15 is 0 Å². The molecule has 2 fully saturated rings. The number of halogens is 1. The zero-order valence-corrected chi connectivity index (χ0v) is 13.3. The van der Waals surface area contributed by atoms with Gasteiger partial charge >= 0.3 is 0 Å². The van der Waals surface area contributed by atoms with Crippen LogP contribution in [0.5, 0.6) is 0 Å². The van der Waals surface area contributed by atoms with Gasteiger partial charge in [0.15, 0.2) is 0 Å². The molecule has 0 unspecified atom stereocenters. The van der Waals surface area contributed by atoms with Crippen molar-refractivity contribution in [2.24, 2.45) is 0 Å². The fraction of sp³-hybridized carbons (Fsp3) is 0.625. The lowest BCUT2D eigenvalue weighted by molar-refractivity contribution is 0.216. The minimum atomic E-state index is 0.375. The van der Waals surface area contributed by atoms with Gasteiger partial charge in [0.2, 0.25) is 0 Å². The van der Waals surface area contributed by atoms with Crippen molar-refractivity contribution in [3.63, 3.8) is 0 Å². The van der Waals surface area contributed by atoms with E-state index in [9.17, 15) is 0 Å². The highest BCUT2D eigenvalue weighted by molar-refractivity contribution is 9.10. The van der Waals surface area contributed by atoms with Gasteiger partial charge in [0.05, 0.1) is 5.69 Å². The second kappa shape index (κ2) is 5.45. The molecule has 1 spiro atoms. The van der Waals surface area contributed by atoms with E-state index in [4.69, 9.17) is 0 Å². The number of anilines is 1. The van der Waals surface area contributed by atoms with Crippen molar-refractivity contribution in [3.8, 4) is 0 Å². The quantitative estimate of drug-likeness (QED) is 0.844. The zero-order valence-electron chi connectivity index (χ0n) is 11.7. The van der Waals surface area contributed by atoms with Gasteiger partial charge in [-0.05, 0) is 47.3 Å². The smallest absolute Gasteiger partial charge is 0.0514 e. The molecule has 0 amide bonds. The Morgan fingerprint density at radius 2 is 2.00 bits per heavy atom. The molecule has 2 nitrogen and oxygen atoms in total. The molecule has 1 aromatic rings. The van der Waals surface area contributed by atoms with Crippen molar-refractivity contribution in [1.82, 2.24) is 5.32 Å². The Kier molecular flexibility index (Phi) is 3.86. The lowest BCUT2D eigenvalue weighted by atomic mass is 9.80. The topological polar surface area (TPSA) is 15.3 Å². The lowest BCUT2D eigenvalue weighted by Crippen LogP contribution is -2.61. The fourth-order valence-electron chi connectivity index (χ4n) is 3.60. The highest BCUT2D eigenvalue weighted by atomic mass is 79.9. The number of hydrogen-bond donors (Lipinski definition) is 1. The second-order valence-electron chi connectivity index (χ2n) is 6.10. The van der Waals surface area contributed by atoms with Crippen molar-refractivity contribution in [2.45, 2.75) is 44.6 Å². The van der Waals surface area contributed by atoms with Gasteiger partial charge in [0.25, 0.3) is 0 Å². The third kappa shape index (κ3) is 2.68. The summed E-state index contributed by atoms with van der Waals surface area (Å²) >= 11 is 3.77. The van der Waals surface area contributed by atoms with Crippen LogP contribution in [0, 0.1) is 6.92 Å². The largest absolute Gasteiger partial charge is 0.367 e. The van der Waals surface area contributed by atoms with Gasteiger partial charge in [-0.15, -0.1) is 0 Å². The van der Waals surface area contributed by atoms with Crippen LogP contribution in [0.1, 0.15) is 37.7 Å². The first kappa shape index (κ1) is 13.4. The van der Waals surface area contributed by atoms with Gasteiger partial charge in [0, 0.05) is 29.6 Å². The molecule has 3 heteroatoms. The summed E-state index contributed by atoms with van der Waals surface area (Å²) in [6.07, 6.45) is 6.86. The zero-order chi connectivity index (χ0) is 13.3. The lowest BCUT2D eigenvalue weighted by Gasteiger charge is -2.47. The summed E-state index contributed by atoms with van der Waals surface area (Å²) in [6.45, 7) is 5.56. The molecule has 1 saturated carbocycles. The van der Waals surface area contributed by atoms with Crippen molar-refractivity contribution in [3.05, 3.63) is 28.2 Å². The fourth-order valence-corrected chi connectivity index (χ4v) is 4.12. The molecule has 1 aliphatic heterocycles. The summed E-state index contributed by atoms with van der Waals surface area (Å²) in [7, 11) is 0. The Morgan fingerprint density at radius 3 is 2.79 bits per heavy atom. The Balaban J connectivity index is 1.83. The molecule has 0 radical (unpaired) electrons. The van der Waals surface area contributed by atoms with Crippen LogP contribution in [0.3, 0.4) is 0 Å². The van der Waals surface area contributed by atoms with Crippen LogP contribution < -0.4 is 10.2 Å². The van der Waals surface area contributed by atoms with Gasteiger partial charge in [0.1, 0.15) is 0 Å². The van der Waals surface area contributed by atoms with E-state index in [-0.39, 0.29) is 0 Å². The molecular weight excluding hydrogens is 300 g/mol. The van der Waals surface area contributed by atoms with Crippen LogP contribution in [0.15, 0.2) is 22.7 Å². The average Bonchev–Trinajstić information content (AvgIpc) is 2.43. The molecule has 3 rings (SSSR count). The second-order valence-corrected chi connectivity index (χ2v) is 6.89. The van der Waals surface area contributed by atoms with Crippen LogP contribution in [0.2, 0.25) is 0 Å². The number of benzene rings is 1. The Morgan fingerprint density at radius 1 is 1.21 bits per heavy atom. The number of hydrogen-bond acceptors (Lipinski definition) is 2. The number of rotatable bonds is 1. The van der Waals surface area contributed by atoms with E-state index in [1.54, 1.807) is 0 Å². The number of nitrogens with zero attached hydrogens (tertiary/aromatic N) is 1. The Bertz CT molecular complexity index is 447. The molecule has 1 N–H and O–H groups in total. The van der Waals surface area contributed by atoms with Crippen molar-refractivity contribution < 1.29 is 0 Å². The van der Waals surface area contributed by atoms with Crippen LogP contribution in [0.25, 0.3) is 0 Å². The molecule has 19 heavy (non-hydrogen) atoms. The minimum Gasteiger partial charge on any atom is -0.367 e. The normalized spacial score (nSPS) is 22.7. The maximum absolute atomic E-state index is 3.81. The van der Waals surface area contributed by atoms with Gasteiger partial charge in [-0.3, -0.25) is 0 Å². The maximum atomic E-state index is 3.81. The molecular formula is C16H23BrN2. The van der Waals surface area contributed by atoms with Gasteiger partial charge < -0.3 is 10.2 Å². The van der Waals surface area contributed by atoms with Gasteiger partial charge in [-0.1, -0.05) is 31.4 Å². The first-order valence-electron chi connectivity index (χ1n) is 7.45. The molecule has 1 saturated heterocycles. The van der Waals surface area contributed by atoms with E-state index in [1.807, 2.05) is 0 Å². The van der Waals surface area contributed by atoms with Gasteiger partial charge in [-0.25, -0.2) is 0 Å². The van der Waals surface area contributed by atoms with E-state index in [0.29, 0.717) is 5.54 Å². The molecule has 0 aromatic heterocycles. The summed E-state index contributed by atoms with van der Waals surface area (Å²) < 4.78 is 1.27. The first-order valence-corrected chi connectivity index (χ1v) is 8.25. The summed E-state index contributed by atoms with van der Waals surface area (Å²) in [6, 6.07) is 6.59. The molecule has 1 aliphatic carbocycles. The molecule has 1 aromatic carbocycles. The Hall–Kier alpha value is -0.540. The van der Waals surface area contributed by atoms with Crippen LogP contribution in [-0.4, -0.2) is 25.2 Å². The Labute approximate surface area is 124 Å².